The van der Waals surface area contributed by atoms with E-state index in [-0.39, 0.29) is 17.8 Å². The third-order valence-corrected chi connectivity index (χ3v) is 3.66. The van der Waals surface area contributed by atoms with Gasteiger partial charge in [0.05, 0.1) is 17.5 Å². The minimum absolute atomic E-state index is 0.0851. The van der Waals surface area contributed by atoms with Gasteiger partial charge in [0, 0.05) is 10.6 Å². The van der Waals surface area contributed by atoms with E-state index in [1.807, 2.05) is 0 Å². The lowest BCUT2D eigenvalue weighted by Gasteiger charge is -2.26. The molecule has 0 bridgehead atoms. The number of halogens is 1. The van der Waals surface area contributed by atoms with Crippen LogP contribution in [0, 0.1) is 0 Å². The molecule has 0 aromatic heterocycles. The van der Waals surface area contributed by atoms with Crippen LogP contribution in [0.25, 0.3) is 0 Å². The van der Waals surface area contributed by atoms with Gasteiger partial charge >= 0.3 is 5.97 Å². The molecular weight excluding hydrogens is 292 g/mol. The van der Waals surface area contributed by atoms with Gasteiger partial charge in [0.25, 0.3) is 0 Å². The third kappa shape index (κ3) is 2.50. The molecule has 1 N–H and O–H groups in total. The largest absolute Gasteiger partial charge is 0.484 e. The summed E-state index contributed by atoms with van der Waals surface area (Å²) in [7, 11) is 0. The topological polar surface area (TPSA) is 63.6 Å². The van der Waals surface area contributed by atoms with Crippen LogP contribution < -0.4 is 4.74 Å². The van der Waals surface area contributed by atoms with Crippen LogP contribution in [0.3, 0.4) is 0 Å². The first-order valence-corrected chi connectivity index (χ1v) is 6.75. The second-order valence-electron chi connectivity index (χ2n) is 4.77. The van der Waals surface area contributed by atoms with Crippen molar-refractivity contribution in [3.8, 4) is 5.75 Å². The van der Waals surface area contributed by atoms with Crippen LogP contribution in [-0.4, -0.2) is 16.9 Å². The molecule has 1 atom stereocenters. The van der Waals surface area contributed by atoms with Gasteiger partial charge in [-0.2, -0.15) is 0 Å². The number of rotatable bonds is 2. The van der Waals surface area contributed by atoms with Crippen LogP contribution in [0.1, 0.15) is 38.8 Å². The maximum absolute atomic E-state index is 12.2. The molecule has 1 aliphatic heterocycles. The standard InChI is InChI=1S/C16H11ClO4/c17-9-5-6-12-13(18)8-15(21-14(12)7-9)10-3-1-2-4-11(10)16(19)20/h1-7,15H,8H2,(H,19,20). The molecule has 0 saturated carbocycles. The molecule has 106 valence electrons. The Labute approximate surface area is 125 Å². The number of hydrogen-bond acceptors (Lipinski definition) is 3. The molecule has 0 aliphatic carbocycles. The molecular formula is C16H11ClO4. The molecule has 0 fully saturated rings. The fourth-order valence-electron chi connectivity index (χ4n) is 2.44. The molecule has 1 aliphatic rings. The molecule has 0 radical (unpaired) electrons. The van der Waals surface area contributed by atoms with E-state index in [0.717, 1.165) is 0 Å². The van der Waals surface area contributed by atoms with Crippen LogP contribution in [0.2, 0.25) is 5.02 Å². The van der Waals surface area contributed by atoms with Crippen molar-refractivity contribution in [3.05, 3.63) is 64.2 Å². The Morgan fingerprint density at radius 2 is 2.00 bits per heavy atom. The van der Waals surface area contributed by atoms with E-state index in [4.69, 9.17) is 16.3 Å². The summed E-state index contributed by atoms with van der Waals surface area (Å²) in [6.45, 7) is 0. The third-order valence-electron chi connectivity index (χ3n) is 3.42. The van der Waals surface area contributed by atoms with Crippen molar-refractivity contribution >= 4 is 23.4 Å². The smallest absolute Gasteiger partial charge is 0.336 e. The Hall–Kier alpha value is -2.33. The summed E-state index contributed by atoms with van der Waals surface area (Å²) in [4.78, 5) is 23.5. The number of carboxylic acids is 1. The summed E-state index contributed by atoms with van der Waals surface area (Å²) >= 11 is 5.91. The van der Waals surface area contributed by atoms with E-state index in [9.17, 15) is 14.7 Å². The zero-order chi connectivity index (χ0) is 15.0. The quantitative estimate of drug-likeness (QED) is 0.917. The van der Waals surface area contributed by atoms with E-state index in [0.29, 0.717) is 21.9 Å². The van der Waals surface area contributed by atoms with Crippen LogP contribution >= 0.6 is 11.6 Å². The van der Waals surface area contributed by atoms with E-state index in [2.05, 4.69) is 0 Å². The van der Waals surface area contributed by atoms with Crippen molar-refractivity contribution in [2.45, 2.75) is 12.5 Å². The number of carboxylic acid groups (broad SMARTS) is 1. The summed E-state index contributed by atoms with van der Waals surface area (Å²) in [5, 5.41) is 9.71. The lowest BCUT2D eigenvalue weighted by Crippen LogP contribution is -2.22. The van der Waals surface area contributed by atoms with Crippen LogP contribution in [0.5, 0.6) is 5.75 Å². The number of fused-ring (bicyclic) bond motifs is 1. The van der Waals surface area contributed by atoms with Gasteiger partial charge in [0.1, 0.15) is 11.9 Å². The van der Waals surface area contributed by atoms with E-state index in [1.165, 1.54) is 6.07 Å². The highest BCUT2D eigenvalue weighted by Crippen LogP contribution is 2.37. The summed E-state index contributed by atoms with van der Waals surface area (Å²) in [5.41, 5.74) is 1.10. The number of ether oxygens (including phenoxy) is 1. The van der Waals surface area contributed by atoms with Gasteiger partial charge in [-0.3, -0.25) is 4.79 Å². The van der Waals surface area contributed by atoms with Gasteiger partial charge < -0.3 is 9.84 Å². The van der Waals surface area contributed by atoms with Crippen molar-refractivity contribution in [2.75, 3.05) is 0 Å². The summed E-state index contributed by atoms with van der Waals surface area (Å²) in [6.07, 6.45) is -0.505. The van der Waals surface area contributed by atoms with Gasteiger partial charge in [-0.05, 0) is 24.3 Å². The molecule has 4 nitrogen and oxygen atoms in total. The van der Waals surface area contributed by atoms with E-state index >= 15 is 0 Å². The van der Waals surface area contributed by atoms with Crippen molar-refractivity contribution in [2.24, 2.45) is 0 Å². The fourth-order valence-corrected chi connectivity index (χ4v) is 2.61. The number of hydrogen-bond donors (Lipinski definition) is 1. The Kier molecular flexibility index (Phi) is 3.39. The van der Waals surface area contributed by atoms with Crippen LogP contribution in [0.4, 0.5) is 0 Å². The first kappa shape index (κ1) is 13.6. The number of carbonyl (C=O) groups excluding carboxylic acids is 1. The Bertz CT molecular complexity index is 739. The summed E-state index contributed by atoms with van der Waals surface area (Å²) in [6, 6.07) is 11.4. The summed E-state index contributed by atoms with van der Waals surface area (Å²) < 4.78 is 5.79. The van der Waals surface area contributed by atoms with Gasteiger partial charge in [-0.25, -0.2) is 4.79 Å². The van der Waals surface area contributed by atoms with Gasteiger partial charge in [-0.1, -0.05) is 29.8 Å². The molecule has 5 heteroatoms. The lowest BCUT2D eigenvalue weighted by atomic mass is 9.93. The first-order valence-electron chi connectivity index (χ1n) is 6.38. The lowest BCUT2D eigenvalue weighted by molar-refractivity contribution is 0.0682. The predicted octanol–water partition coefficient (Wildman–Crippen LogP) is 3.74. The van der Waals surface area contributed by atoms with Crippen molar-refractivity contribution in [1.82, 2.24) is 0 Å². The maximum Gasteiger partial charge on any atom is 0.336 e. The minimum atomic E-state index is -1.04. The minimum Gasteiger partial charge on any atom is -0.484 e. The molecule has 2 aromatic rings. The molecule has 0 amide bonds. The van der Waals surface area contributed by atoms with E-state index in [1.54, 1.807) is 36.4 Å². The van der Waals surface area contributed by atoms with Gasteiger partial charge in [0.2, 0.25) is 0 Å². The number of Topliss-reactive ketones (excluding diaryl/α,β-unsaturated/α-hetero) is 1. The zero-order valence-electron chi connectivity index (χ0n) is 10.9. The first-order chi connectivity index (χ1) is 10.1. The second kappa shape index (κ2) is 5.22. The molecule has 1 unspecified atom stereocenters. The highest BCUT2D eigenvalue weighted by atomic mass is 35.5. The predicted molar refractivity (Wildman–Crippen MR) is 77.2 cm³/mol. The second-order valence-corrected chi connectivity index (χ2v) is 5.20. The number of benzene rings is 2. The molecule has 1 heterocycles. The van der Waals surface area contributed by atoms with E-state index < -0.39 is 12.1 Å². The number of ketones is 1. The summed E-state index contributed by atoms with van der Waals surface area (Å²) in [5.74, 6) is -0.736. The number of aromatic carboxylic acids is 1. The highest BCUT2D eigenvalue weighted by molar-refractivity contribution is 6.30. The monoisotopic (exact) mass is 302 g/mol. The molecule has 2 aromatic carbocycles. The van der Waals surface area contributed by atoms with Crippen molar-refractivity contribution < 1.29 is 19.4 Å². The van der Waals surface area contributed by atoms with Crippen molar-refractivity contribution in [3.63, 3.8) is 0 Å². The average molecular weight is 303 g/mol. The highest BCUT2D eigenvalue weighted by Gasteiger charge is 2.30. The van der Waals surface area contributed by atoms with Crippen LogP contribution in [0.15, 0.2) is 42.5 Å². The van der Waals surface area contributed by atoms with Crippen LogP contribution in [-0.2, 0) is 0 Å². The number of carbonyl (C=O) groups is 2. The zero-order valence-corrected chi connectivity index (χ0v) is 11.6. The SMILES string of the molecule is O=C1CC(c2ccccc2C(=O)O)Oc2cc(Cl)ccc21. The van der Waals surface area contributed by atoms with Crippen molar-refractivity contribution in [1.29, 1.82) is 0 Å². The molecule has 21 heavy (non-hydrogen) atoms. The Balaban J connectivity index is 2.03. The normalized spacial score (nSPS) is 17.0. The fraction of sp³-hybridized carbons (Fsp3) is 0.125. The Morgan fingerprint density at radius 3 is 2.76 bits per heavy atom. The maximum atomic E-state index is 12.2. The molecule has 3 rings (SSSR count). The average Bonchev–Trinajstić information content (AvgIpc) is 2.46. The Morgan fingerprint density at radius 1 is 1.24 bits per heavy atom. The van der Waals surface area contributed by atoms with Gasteiger partial charge in [0.15, 0.2) is 5.78 Å². The van der Waals surface area contributed by atoms with Gasteiger partial charge in [-0.15, -0.1) is 0 Å². The molecule has 0 saturated heterocycles. The molecule has 0 spiro atoms.